The van der Waals surface area contributed by atoms with Crippen LogP contribution >= 0.6 is 0 Å². The van der Waals surface area contributed by atoms with Crippen LogP contribution in [0.2, 0.25) is 0 Å². The maximum atomic E-state index is 12.4. The van der Waals surface area contributed by atoms with Crippen molar-refractivity contribution in [2.75, 3.05) is 13.7 Å². The number of methoxy groups -OCH3 is 1. The van der Waals surface area contributed by atoms with Crippen LogP contribution in [-0.4, -0.2) is 19.6 Å². The Labute approximate surface area is 126 Å². The van der Waals surface area contributed by atoms with Crippen molar-refractivity contribution < 1.29 is 9.53 Å². The first-order valence-corrected chi connectivity index (χ1v) is 7.30. The van der Waals surface area contributed by atoms with E-state index in [2.05, 4.69) is 31.3 Å². The van der Waals surface area contributed by atoms with Gasteiger partial charge >= 0.3 is 5.97 Å². The molecule has 0 saturated heterocycles. The summed E-state index contributed by atoms with van der Waals surface area (Å²) in [5, 5.41) is 5.58. The molecule has 2 rings (SSSR count). The van der Waals surface area contributed by atoms with E-state index in [1.807, 2.05) is 37.3 Å². The number of fused-ring (bicyclic) bond motifs is 1. The van der Waals surface area contributed by atoms with Crippen LogP contribution in [0.5, 0.6) is 0 Å². The Bertz CT molecular complexity index is 631. The summed E-state index contributed by atoms with van der Waals surface area (Å²) < 4.78 is 5.05. The Morgan fingerprint density at radius 1 is 1.19 bits per heavy atom. The van der Waals surface area contributed by atoms with Crippen molar-refractivity contribution in [2.24, 2.45) is 5.92 Å². The summed E-state index contributed by atoms with van der Waals surface area (Å²) in [4.78, 5) is 12.4. The summed E-state index contributed by atoms with van der Waals surface area (Å²) in [6.45, 7) is 6.87. The lowest BCUT2D eigenvalue weighted by atomic mass is 9.87. The van der Waals surface area contributed by atoms with Crippen molar-refractivity contribution in [1.29, 1.82) is 0 Å². The summed E-state index contributed by atoms with van der Waals surface area (Å²) in [7, 11) is 1.43. The summed E-state index contributed by atoms with van der Waals surface area (Å²) in [6, 6.07) is 14.1. The number of nitrogens with one attached hydrogen (secondary N) is 1. The van der Waals surface area contributed by atoms with Crippen LogP contribution in [0.1, 0.15) is 26.3 Å². The lowest BCUT2D eigenvalue weighted by Crippen LogP contribution is -2.48. The summed E-state index contributed by atoms with van der Waals surface area (Å²) in [5.41, 5.74) is 0.105. The van der Waals surface area contributed by atoms with E-state index in [9.17, 15) is 4.79 Å². The Balaban J connectivity index is 2.55. The molecule has 3 nitrogen and oxygen atoms in total. The molecule has 0 heterocycles. The molecular formula is C18H23NO2. The summed E-state index contributed by atoms with van der Waals surface area (Å²) in [6.07, 6.45) is 0. The molecule has 0 aliphatic carbocycles. The number of ether oxygens (including phenoxy) is 1. The average molecular weight is 285 g/mol. The minimum Gasteiger partial charge on any atom is -0.467 e. The van der Waals surface area contributed by atoms with E-state index in [1.54, 1.807) is 0 Å². The van der Waals surface area contributed by atoms with Crippen LogP contribution in [0.3, 0.4) is 0 Å². The standard InChI is InChI=1S/C18H23NO2/c1-13(2)12-19-18(3,17(20)21-4)16-11-7-9-14-8-5-6-10-15(14)16/h5-11,13,19H,12H2,1-4H3. The van der Waals surface area contributed by atoms with Crippen molar-refractivity contribution in [2.45, 2.75) is 26.3 Å². The van der Waals surface area contributed by atoms with Gasteiger partial charge < -0.3 is 4.74 Å². The molecule has 3 heteroatoms. The number of carbonyl (C=O) groups is 1. The molecule has 112 valence electrons. The lowest BCUT2D eigenvalue weighted by Gasteiger charge is -2.30. The molecule has 0 aliphatic heterocycles. The monoisotopic (exact) mass is 285 g/mol. The quantitative estimate of drug-likeness (QED) is 0.855. The van der Waals surface area contributed by atoms with Gasteiger partial charge in [0.25, 0.3) is 0 Å². The Kier molecular flexibility index (Phi) is 4.63. The van der Waals surface area contributed by atoms with Crippen molar-refractivity contribution in [3.63, 3.8) is 0 Å². The third-order valence-electron chi connectivity index (χ3n) is 3.79. The van der Waals surface area contributed by atoms with Crippen LogP contribution in [0, 0.1) is 5.92 Å². The second-order valence-corrected chi connectivity index (χ2v) is 5.92. The van der Waals surface area contributed by atoms with E-state index >= 15 is 0 Å². The second-order valence-electron chi connectivity index (χ2n) is 5.92. The van der Waals surface area contributed by atoms with Gasteiger partial charge in [-0.15, -0.1) is 0 Å². The highest BCUT2D eigenvalue weighted by molar-refractivity contribution is 5.93. The SMILES string of the molecule is COC(=O)C(C)(NCC(C)C)c1cccc2ccccc12. The largest absolute Gasteiger partial charge is 0.467 e. The average Bonchev–Trinajstić information content (AvgIpc) is 2.51. The van der Waals surface area contributed by atoms with Gasteiger partial charge in [0.15, 0.2) is 0 Å². The fourth-order valence-corrected chi connectivity index (χ4v) is 2.55. The molecule has 0 bridgehead atoms. The van der Waals surface area contributed by atoms with Crippen LogP contribution in [0.15, 0.2) is 42.5 Å². The van der Waals surface area contributed by atoms with E-state index in [-0.39, 0.29) is 5.97 Å². The number of carbonyl (C=O) groups excluding carboxylic acids is 1. The predicted octanol–water partition coefficient (Wildman–Crippen LogP) is 3.47. The molecule has 0 fully saturated rings. The van der Waals surface area contributed by atoms with Gasteiger partial charge in [-0.3, -0.25) is 5.32 Å². The molecule has 1 N–H and O–H groups in total. The van der Waals surface area contributed by atoms with E-state index in [4.69, 9.17) is 4.74 Å². The van der Waals surface area contributed by atoms with Crippen LogP contribution in [0.4, 0.5) is 0 Å². The van der Waals surface area contributed by atoms with E-state index < -0.39 is 5.54 Å². The van der Waals surface area contributed by atoms with Gasteiger partial charge in [0.05, 0.1) is 7.11 Å². The van der Waals surface area contributed by atoms with Crippen molar-refractivity contribution >= 4 is 16.7 Å². The number of rotatable bonds is 5. The van der Waals surface area contributed by atoms with Crippen molar-refractivity contribution in [3.05, 3.63) is 48.0 Å². The fraction of sp³-hybridized carbons (Fsp3) is 0.389. The molecule has 0 spiro atoms. The molecule has 0 amide bonds. The third-order valence-corrected chi connectivity index (χ3v) is 3.79. The topological polar surface area (TPSA) is 38.3 Å². The molecule has 1 unspecified atom stereocenters. The highest BCUT2D eigenvalue weighted by Crippen LogP contribution is 2.30. The molecule has 0 aliphatic rings. The zero-order chi connectivity index (χ0) is 15.5. The first-order valence-electron chi connectivity index (χ1n) is 7.30. The zero-order valence-corrected chi connectivity index (χ0v) is 13.1. The van der Waals surface area contributed by atoms with Gasteiger partial charge in [-0.05, 0) is 35.7 Å². The van der Waals surface area contributed by atoms with Crippen molar-refractivity contribution in [1.82, 2.24) is 5.32 Å². The Morgan fingerprint density at radius 2 is 1.86 bits per heavy atom. The minimum absolute atomic E-state index is 0.264. The molecule has 0 aromatic heterocycles. The highest BCUT2D eigenvalue weighted by Gasteiger charge is 2.37. The lowest BCUT2D eigenvalue weighted by molar-refractivity contribution is -0.148. The predicted molar refractivity (Wildman–Crippen MR) is 86.2 cm³/mol. The maximum absolute atomic E-state index is 12.4. The molecular weight excluding hydrogens is 262 g/mol. The van der Waals surface area contributed by atoms with E-state index in [0.29, 0.717) is 5.92 Å². The summed E-state index contributed by atoms with van der Waals surface area (Å²) in [5.74, 6) is 0.184. The molecule has 0 saturated carbocycles. The van der Waals surface area contributed by atoms with E-state index in [1.165, 1.54) is 7.11 Å². The smallest absolute Gasteiger partial charge is 0.330 e. The highest BCUT2D eigenvalue weighted by atomic mass is 16.5. The third kappa shape index (κ3) is 3.08. The van der Waals surface area contributed by atoms with Crippen LogP contribution in [-0.2, 0) is 15.1 Å². The van der Waals surface area contributed by atoms with Gasteiger partial charge in [0, 0.05) is 0 Å². The van der Waals surface area contributed by atoms with Gasteiger partial charge in [-0.2, -0.15) is 0 Å². The number of benzene rings is 2. The van der Waals surface area contributed by atoms with Gasteiger partial charge in [-0.1, -0.05) is 56.3 Å². The van der Waals surface area contributed by atoms with Crippen molar-refractivity contribution in [3.8, 4) is 0 Å². The molecule has 21 heavy (non-hydrogen) atoms. The Hall–Kier alpha value is -1.87. The zero-order valence-electron chi connectivity index (χ0n) is 13.1. The fourth-order valence-electron chi connectivity index (χ4n) is 2.55. The number of esters is 1. The van der Waals surface area contributed by atoms with Gasteiger partial charge in [0.2, 0.25) is 0 Å². The first-order chi connectivity index (χ1) is 9.99. The number of hydrogen-bond acceptors (Lipinski definition) is 3. The second kappa shape index (κ2) is 6.27. The molecule has 2 aromatic carbocycles. The van der Waals surface area contributed by atoms with Crippen LogP contribution < -0.4 is 5.32 Å². The summed E-state index contributed by atoms with van der Waals surface area (Å²) >= 11 is 0. The normalized spacial score (nSPS) is 14.1. The molecule has 0 radical (unpaired) electrons. The molecule has 1 atom stereocenters. The van der Waals surface area contributed by atoms with Gasteiger partial charge in [-0.25, -0.2) is 4.79 Å². The molecule has 2 aromatic rings. The Morgan fingerprint density at radius 3 is 2.52 bits per heavy atom. The maximum Gasteiger partial charge on any atom is 0.330 e. The minimum atomic E-state index is -0.847. The first kappa shape index (κ1) is 15.5. The van der Waals surface area contributed by atoms with Crippen LogP contribution in [0.25, 0.3) is 10.8 Å². The number of hydrogen-bond donors (Lipinski definition) is 1. The van der Waals surface area contributed by atoms with E-state index in [0.717, 1.165) is 22.9 Å². The van der Waals surface area contributed by atoms with Gasteiger partial charge in [0.1, 0.15) is 5.54 Å².